The highest BCUT2D eigenvalue weighted by atomic mass is 16.4. The van der Waals surface area contributed by atoms with Crippen molar-refractivity contribution in [3.05, 3.63) is 66.6 Å². The fourth-order valence-electron chi connectivity index (χ4n) is 2.88. The van der Waals surface area contributed by atoms with Crippen LogP contribution in [0.5, 0.6) is 0 Å². The summed E-state index contributed by atoms with van der Waals surface area (Å²) >= 11 is 0. The van der Waals surface area contributed by atoms with Crippen LogP contribution in [-0.2, 0) is 0 Å². The summed E-state index contributed by atoms with van der Waals surface area (Å²) < 4.78 is 5.19. The van der Waals surface area contributed by atoms with E-state index < -0.39 is 0 Å². The number of carbonyl (C=O) groups excluding carboxylic acids is 1. The summed E-state index contributed by atoms with van der Waals surface area (Å²) in [5, 5.41) is 10.5. The standard InChI is InChI=1S/C18H16N4O2/c23-18(22-10-9-16(22)13-5-2-1-3-6-13)20-15-8-4-7-14(11-15)17-21-19-12-24-17/h1-8,11-12,16H,9-10H2,(H,20,23). The van der Waals surface area contributed by atoms with Gasteiger partial charge in [0.05, 0.1) is 6.04 Å². The number of likely N-dealkylation sites (tertiary alicyclic amines) is 1. The Hall–Kier alpha value is -3.15. The van der Waals surface area contributed by atoms with E-state index >= 15 is 0 Å². The fraction of sp³-hybridized carbons (Fsp3) is 0.167. The van der Waals surface area contributed by atoms with E-state index in [9.17, 15) is 4.79 Å². The number of rotatable bonds is 3. The van der Waals surface area contributed by atoms with Crippen LogP contribution in [0.15, 0.2) is 65.4 Å². The molecule has 6 nitrogen and oxygen atoms in total. The van der Waals surface area contributed by atoms with E-state index in [0.717, 1.165) is 18.5 Å². The molecule has 4 rings (SSSR count). The lowest BCUT2D eigenvalue weighted by Gasteiger charge is -2.41. The Balaban J connectivity index is 1.48. The van der Waals surface area contributed by atoms with Crippen LogP contribution in [0.25, 0.3) is 11.5 Å². The van der Waals surface area contributed by atoms with Gasteiger partial charge < -0.3 is 14.6 Å². The molecule has 1 aliphatic heterocycles. The lowest BCUT2D eigenvalue weighted by atomic mass is 9.95. The summed E-state index contributed by atoms with van der Waals surface area (Å²) in [5.41, 5.74) is 2.64. The molecule has 1 fully saturated rings. The number of hydrogen-bond acceptors (Lipinski definition) is 4. The molecular weight excluding hydrogens is 304 g/mol. The van der Waals surface area contributed by atoms with Crippen LogP contribution < -0.4 is 5.32 Å². The molecule has 1 unspecified atom stereocenters. The molecular formula is C18H16N4O2. The molecule has 2 amide bonds. The first-order chi connectivity index (χ1) is 11.8. The van der Waals surface area contributed by atoms with E-state index in [1.807, 2.05) is 47.4 Å². The number of nitrogens with one attached hydrogen (secondary N) is 1. The second-order valence-corrected chi connectivity index (χ2v) is 5.66. The molecule has 0 bridgehead atoms. The molecule has 0 aliphatic carbocycles. The maximum absolute atomic E-state index is 12.5. The largest absolute Gasteiger partial charge is 0.423 e. The number of carbonyl (C=O) groups is 1. The van der Waals surface area contributed by atoms with Crippen LogP contribution in [-0.4, -0.2) is 27.7 Å². The number of anilines is 1. The van der Waals surface area contributed by atoms with Crippen LogP contribution in [0.4, 0.5) is 10.5 Å². The van der Waals surface area contributed by atoms with E-state index in [1.165, 1.54) is 12.0 Å². The zero-order chi connectivity index (χ0) is 16.4. The van der Waals surface area contributed by atoms with Gasteiger partial charge >= 0.3 is 6.03 Å². The van der Waals surface area contributed by atoms with Crippen LogP contribution in [0, 0.1) is 0 Å². The maximum atomic E-state index is 12.5. The number of benzene rings is 2. The van der Waals surface area contributed by atoms with Gasteiger partial charge in [-0.05, 0) is 30.2 Å². The highest BCUT2D eigenvalue weighted by molar-refractivity contribution is 5.90. The minimum atomic E-state index is -0.0993. The zero-order valence-corrected chi connectivity index (χ0v) is 12.9. The van der Waals surface area contributed by atoms with E-state index in [2.05, 4.69) is 27.6 Å². The minimum Gasteiger partial charge on any atom is -0.423 e. The van der Waals surface area contributed by atoms with Gasteiger partial charge in [0.15, 0.2) is 0 Å². The predicted octanol–water partition coefficient (Wildman–Crippen LogP) is 3.72. The van der Waals surface area contributed by atoms with Crippen molar-refractivity contribution >= 4 is 11.7 Å². The third-order valence-electron chi connectivity index (χ3n) is 4.19. The van der Waals surface area contributed by atoms with Gasteiger partial charge in [0.2, 0.25) is 12.3 Å². The van der Waals surface area contributed by atoms with Crippen LogP contribution in [0.3, 0.4) is 0 Å². The Morgan fingerprint density at radius 2 is 2.04 bits per heavy atom. The number of urea groups is 1. The van der Waals surface area contributed by atoms with Gasteiger partial charge in [-0.15, -0.1) is 10.2 Å². The normalized spacial score (nSPS) is 16.5. The molecule has 2 aromatic carbocycles. The zero-order valence-electron chi connectivity index (χ0n) is 12.9. The number of nitrogens with zero attached hydrogens (tertiary/aromatic N) is 3. The Bertz CT molecular complexity index is 833. The molecule has 2 heterocycles. The van der Waals surface area contributed by atoms with E-state index in [4.69, 9.17) is 4.42 Å². The molecule has 1 atom stereocenters. The Kier molecular flexibility index (Phi) is 3.70. The molecule has 0 radical (unpaired) electrons. The van der Waals surface area contributed by atoms with Crippen molar-refractivity contribution in [2.24, 2.45) is 0 Å². The van der Waals surface area contributed by atoms with Crippen molar-refractivity contribution in [1.29, 1.82) is 0 Å². The van der Waals surface area contributed by atoms with Crippen LogP contribution in [0.1, 0.15) is 18.0 Å². The number of aromatic nitrogens is 2. The summed E-state index contributed by atoms with van der Waals surface area (Å²) in [6.07, 6.45) is 2.27. The van der Waals surface area contributed by atoms with Gasteiger partial charge in [-0.3, -0.25) is 0 Å². The molecule has 0 spiro atoms. The second-order valence-electron chi connectivity index (χ2n) is 5.66. The fourth-order valence-corrected chi connectivity index (χ4v) is 2.88. The quantitative estimate of drug-likeness (QED) is 0.798. The van der Waals surface area contributed by atoms with Crippen LogP contribution in [0.2, 0.25) is 0 Å². The third kappa shape index (κ3) is 2.74. The monoisotopic (exact) mass is 320 g/mol. The SMILES string of the molecule is O=C(Nc1cccc(-c2nnco2)c1)N1CCC1c1ccccc1. The smallest absolute Gasteiger partial charge is 0.322 e. The summed E-state index contributed by atoms with van der Waals surface area (Å²) in [4.78, 5) is 14.4. The Labute approximate surface area is 139 Å². The summed E-state index contributed by atoms with van der Waals surface area (Å²) in [6, 6.07) is 17.5. The van der Waals surface area contributed by atoms with E-state index in [-0.39, 0.29) is 12.1 Å². The average Bonchev–Trinajstić information content (AvgIpc) is 3.09. The molecule has 3 aromatic rings. The van der Waals surface area contributed by atoms with Crippen molar-refractivity contribution in [2.75, 3.05) is 11.9 Å². The van der Waals surface area contributed by atoms with Crippen molar-refractivity contribution < 1.29 is 9.21 Å². The van der Waals surface area contributed by atoms with Gasteiger partial charge in [-0.2, -0.15) is 0 Å². The highest BCUT2D eigenvalue weighted by Gasteiger charge is 2.33. The minimum absolute atomic E-state index is 0.0993. The molecule has 1 saturated heterocycles. The van der Waals surface area contributed by atoms with Gasteiger partial charge in [0, 0.05) is 17.8 Å². The van der Waals surface area contributed by atoms with E-state index in [0.29, 0.717) is 11.6 Å². The maximum Gasteiger partial charge on any atom is 0.322 e. The summed E-state index contributed by atoms with van der Waals surface area (Å²) in [6.45, 7) is 0.759. The first-order valence-corrected chi connectivity index (χ1v) is 7.80. The number of hydrogen-bond donors (Lipinski definition) is 1. The molecule has 0 saturated carbocycles. The predicted molar refractivity (Wildman–Crippen MR) is 89.3 cm³/mol. The Morgan fingerprint density at radius 3 is 2.75 bits per heavy atom. The van der Waals surface area contributed by atoms with E-state index in [1.54, 1.807) is 0 Å². The Morgan fingerprint density at radius 1 is 1.17 bits per heavy atom. The molecule has 120 valence electrons. The number of amides is 2. The highest BCUT2D eigenvalue weighted by Crippen LogP contribution is 2.33. The third-order valence-corrected chi connectivity index (χ3v) is 4.19. The lowest BCUT2D eigenvalue weighted by Crippen LogP contribution is -2.47. The molecule has 6 heteroatoms. The van der Waals surface area contributed by atoms with Crippen molar-refractivity contribution in [1.82, 2.24) is 15.1 Å². The van der Waals surface area contributed by atoms with Gasteiger partial charge in [-0.25, -0.2) is 4.79 Å². The topological polar surface area (TPSA) is 71.3 Å². The summed E-state index contributed by atoms with van der Waals surface area (Å²) in [5.74, 6) is 0.428. The molecule has 1 aliphatic rings. The average molecular weight is 320 g/mol. The second kappa shape index (κ2) is 6.16. The molecule has 1 aromatic heterocycles. The van der Waals surface area contributed by atoms with Crippen LogP contribution >= 0.6 is 0 Å². The van der Waals surface area contributed by atoms with Gasteiger partial charge in [0.25, 0.3) is 0 Å². The van der Waals surface area contributed by atoms with Crippen molar-refractivity contribution in [3.63, 3.8) is 0 Å². The van der Waals surface area contributed by atoms with Gasteiger partial charge in [-0.1, -0.05) is 36.4 Å². The van der Waals surface area contributed by atoms with Crippen molar-refractivity contribution in [2.45, 2.75) is 12.5 Å². The first-order valence-electron chi connectivity index (χ1n) is 7.80. The summed E-state index contributed by atoms with van der Waals surface area (Å²) in [7, 11) is 0. The first kappa shape index (κ1) is 14.4. The van der Waals surface area contributed by atoms with Gasteiger partial charge in [0.1, 0.15) is 0 Å². The van der Waals surface area contributed by atoms with Crippen molar-refractivity contribution in [3.8, 4) is 11.5 Å². The lowest BCUT2D eigenvalue weighted by molar-refractivity contribution is 0.126. The molecule has 1 N–H and O–H groups in total. The molecule has 24 heavy (non-hydrogen) atoms.